The lowest BCUT2D eigenvalue weighted by molar-refractivity contribution is -0.209. The zero-order valence-corrected chi connectivity index (χ0v) is 29.4. The highest BCUT2D eigenvalue weighted by Crippen LogP contribution is 2.61. The quantitative estimate of drug-likeness (QED) is 0.137. The van der Waals surface area contributed by atoms with Crippen molar-refractivity contribution in [1.82, 2.24) is 25.1 Å². The molecule has 5 rings (SSSR count). The SMILES string of the molecule is CCOP(=O)(OCC)C(CO)(COCCOC)OC[C@H]1O[C@@H](n2ncc3c(OC(=O)NC4CCCC4)nc(Cl)nc32)[C@@H]2OC(C)(C)O[C@@H]21. The molecule has 1 aliphatic carbocycles. The molecule has 3 aliphatic rings. The third kappa shape index (κ3) is 7.97. The van der Waals surface area contributed by atoms with Crippen molar-refractivity contribution in [1.29, 1.82) is 0 Å². The van der Waals surface area contributed by atoms with Gasteiger partial charge in [0.05, 0.1) is 52.4 Å². The zero-order chi connectivity index (χ0) is 34.5. The van der Waals surface area contributed by atoms with E-state index >= 15 is 0 Å². The van der Waals surface area contributed by atoms with Crippen molar-refractivity contribution in [2.24, 2.45) is 0 Å². The molecule has 3 fully saturated rings. The number of aliphatic hydroxyl groups is 1. The average molecular weight is 722 g/mol. The first kappa shape index (κ1) is 37.2. The summed E-state index contributed by atoms with van der Waals surface area (Å²) in [6, 6.07) is 0.0383. The lowest BCUT2D eigenvalue weighted by Crippen LogP contribution is -2.46. The molecule has 2 aromatic rings. The summed E-state index contributed by atoms with van der Waals surface area (Å²) >= 11 is 6.28. The van der Waals surface area contributed by atoms with Crippen LogP contribution < -0.4 is 10.1 Å². The Hall–Kier alpha value is -2.02. The fourth-order valence-corrected chi connectivity index (χ4v) is 8.12. The summed E-state index contributed by atoms with van der Waals surface area (Å²) in [5.74, 6) is -1.07. The molecule has 4 heterocycles. The second kappa shape index (κ2) is 15.9. The molecule has 270 valence electrons. The molecule has 48 heavy (non-hydrogen) atoms. The minimum atomic E-state index is -4.11. The van der Waals surface area contributed by atoms with Crippen molar-refractivity contribution in [3.63, 3.8) is 0 Å². The maximum Gasteiger partial charge on any atom is 0.414 e. The van der Waals surface area contributed by atoms with Crippen LogP contribution in [0.15, 0.2) is 6.20 Å². The van der Waals surface area contributed by atoms with Crippen LogP contribution in [-0.4, -0.2) is 120 Å². The first-order valence-electron chi connectivity index (χ1n) is 16.1. The number of carbonyl (C=O) groups is 1. The van der Waals surface area contributed by atoms with Gasteiger partial charge in [0.25, 0.3) is 0 Å². The van der Waals surface area contributed by atoms with E-state index in [9.17, 15) is 14.5 Å². The highest BCUT2D eigenvalue weighted by Gasteiger charge is 2.59. The number of halogens is 1. The van der Waals surface area contributed by atoms with E-state index in [1.54, 1.807) is 27.7 Å². The van der Waals surface area contributed by atoms with Crippen LogP contribution >= 0.6 is 19.2 Å². The first-order chi connectivity index (χ1) is 23.0. The van der Waals surface area contributed by atoms with Crippen LogP contribution in [0.3, 0.4) is 0 Å². The van der Waals surface area contributed by atoms with Crippen LogP contribution in [-0.2, 0) is 42.0 Å². The average Bonchev–Trinajstić information content (AvgIpc) is 3.82. The smallest absolute Gasteiger partial charge is 0.393 e. The molecule has 0 aromatic carbocycles. The van der Waals surface area contributed by atoms with Gasteiger partial charge in [0.15, 0.2) is 17.7 Å². The molecule has 17 nitrogen and oxygen atoms in total. The monoisotopic (exact) mass is 721 g/mol. The number of hydrogen-bond donors (Lipinski definition) is 2. The Labute approximate surface area is 283 Å². The van der Waals surface area contributed by atoms with Gasteiger partial charge in [-0.25, -0.2) is 9.48 Å². The van der Waals surface area contributed by atoms with Gasteiger partial charge in [0.2, 0.25) is 16.5 Å². The predicted octanol–water partition coefficient (Wildman–Crippen LogP) is 3.56. The van der Waals surface area contributed by atoms with E-state index in [1.165, 1.54) is 18.0 Å². The Balaban J connectivity index is 1.40. The summed E-state index contributed by atoms with van der Waals surface area (Å²) < 4.78 is 68.2. The Morgan fingerprint density at radius 1 is 1.17 bits per heavy atom. The van der Waals surface area contributed by atoms with E-state index in [4.69, 9.17) is 53.8 Å². The van der Waals surface area contributed by atoms with Crippen molar-refractivity contribution in [3.8, 4) is 5.88 Å². The summed E-state index contributed by atoms with van der Waals surface area (Å²) in [6.45, 7) is 5.98. The maximum atomic E-state index is 14.1. The molecule has 2 aliphatic heterocycles. The van der Waals surface area contributed by atoms with Crippen molar-refractivity contribution in [2.45, 2.75) is 95.1 Å². The number of ether oxygens (including phenoxy) is 7. The largest absolute Gasteiger partial charge is 0.414 e. The summed E-state index contributed by atoms with van der Waals surface area (Å²) in [6.07, 6.45) is 1.49. The number of hydrogen-bond acceptors (Lipinski definition) is 15. The Morgan fingerprint density at radius 3 is 2.54 bits per heavy atom. The third-order valence-electron chi connectivity index (χ3n) is 8.24. The number of methoxy groups -OCH3 is 1. The molecule has 1 saturated carbocycles. The second-order valence-corrected chi connectivity index (χ2v) is 14.7. The van der Waals surface area contributed by atoms with E-state index in [2.05, 4.69) is 20.4 Å². The van der Waals surface area contributed by atoms with Gasteiger partial charge in [0.1, 0.15) is 23.7 Å². The minimum Gasteiger partial charge on any atom is -0.393 e. The molecule has 19 heteroatoms. The molecule has 5 atom stereocenters. The molecule has 2 saturated heterocycles. The van der Waals surface area contributed by atoms with Crippen LogP contribution in [0.25, 0.3) is 11.0 Å². The van der Waals surface area contributed by atoms with Crippen LogP contribution in [0.4, 0.5) is 4.79 Å². The molecular weight excluding hydrogens is 677 g/mol. The number of fused-ring (bicyclic) bond motifs is 2. The molecule has 2 aromatic heterocycles. The lowest BCUT2D eigenvalue weighted by atomic mass is 10.1. The molecule has 2 N–H and O–H groups in total. The Morgan fingerprint density at radius 2 is 1.88 bits per heavy atom. The third-order valence-corrected chi connectivity index (χ3v) is 11.0. The molecule has 1 amide bonds. The summed E-state index contributed by atoms with van der Waals surface area (Å²) in [4.78, 5) is 21.1. The second-order valence-electron chi connectivity index (χ2n) is 12.1. The van der Waals surface area contributed by atoms with Gasteiger partial charge in [-0.1, -0.05) is 12.8 Å². The van der Waals surface area contributed by atoms with Crippen LogP contribution in [0, 0.1) is 0 Å². The summed E-state index contributed by atoms with van der Waals surface area (Å²) in [7, 11) is -2.59. The lowest BCUT2D eigenvalue weighted by Gasteiger charge is -2.37. The van der Waals surface area contributed by atoms with Gasteiger partial charge >= 0.3 is 13.7 Å². The van der Waals surface area contributed by atoms with Crippen LogP contribution in [0.1, 0.15) is 59.6 Å². The number of nitrogens with zero attached hydrogens (tertiary/aromatic N) is 4. The maximum absolute atomic E-state index is 14.1. The van der Waals surface area contributed by atoms with E-state index in [0.29, 0.717) is 5.39 Å². The number of amides is 1. The standard InChI is InChI=1S/C29H45ClN5O12P/c1-6-42-48(38,43-7-2)29(16-36,17-40-13-12-39-5)41-15-20-21-22(47-28(3,4)46-21)25(44-20)35-23-19(14-31-35)24(34-26(30)33-23)45-27(37)32-18-10-8-9-11-18/h14,18,20-22,25,36H,6-13,15-17H2,1-5H3,(H,32,37)/t20-,21-,22-,25-,29?/m1/s1. The van der Waals surface area contributed by atoms with Gasteiger partial charge in [-0.2, -0.15) is 15.1 Å². The fraction of sp³-hybridized carbons (Fsp3) is 0.793. The summed E-state index contributed by atoms with van der Waals surface area (Å²) in [5.41, 5.74) is 0.228. The normalized spacial score (nSPS) is 25.4. The van der Waals surface area contributed by atoms with Crippen molar-refractivity contribution < 1.29 is 56.7 Å². The van der Waals surface area contributed by atoms with Gasteiger partial charge in [-0.05, 0) is 52.1 Å². The minimum absolute atomic E-state index is 0.0308. The van der Waals surface area contributed by atoms with E-state index in [1.807, 2.05) is 0 Å². The molecular formula is C29H45ClN5O12P. The van der Waals surface area contributed by atoms with Crippen molar-refractivity contribution in [2.75, 3.05) is 53.4 Å². The van der Waals surface area contributed by atoms with Gasteiger partial charge < -0.3 is 52.6 Å². The van der Waals surface area contributed by atoms with Crippen molar-refractivity contribution >= 4 is 36.3 Å². The van der Waals surface area contributed by atoms with E-state index in [-0.39, 0.29) is 62.5 Å². The molecule has 1 unspecified atom stereocenters. The predicted molar refractivity (Wildman–Crippen MR) is 169 cm³/mol. The highest BCUT2D eigenvalue weighted by molar-refractivity contribution is 7.55. The van der Waals surface area contributed by atoms with Crippen LogP contribution in [0.5, 0.6) is 5.88 Å². The molecule has 0 bridgehead atoms. The number of nitrogens with one attached hydrogen (secondary N) is 1. The number of carbonyl (C=O) groups excluding carboxylic acids is 1. The van der Waals surface area contributed by atoms with Gasteiger partial charge in [-0.15, -0.1) is 0 Å². The van der Waals surface area contributed by atoms with Crippen LogP contribution in [0.2, 0.25) is 5.28 Å². The van der Waals surface area contributed by atoms with E-state index in [0.717, 1.165) is 25.7 Å². The van der Waals surface area contributed by atoms with Gasteiger partial charge in [0, 0.05) is 13.2 Å². The number of rotatable bonds is 17. The molecule has 0 radical (unpaired) electrons. The highest BCUT2D eigenvalue weighted by atomic mass is 35.5. The molecule has 0 spiro atoms. The summed E-state index contributed by atoms with van der Waals surface area (Å²) in [5, 5.41) is 16.2. The number of aromatic nitrogens is 4. The van der Waals surface area contributed by atoms with Gasteiger partial charge in [-0.3, -0.25) is 4.57 Å². The van der Waals surface area contributed by atoms with E-state index < -0.39 is 56.0 Å². The van der Waals surface area contributed by atoms with Crippen molar-refractivity contribution in [3.05, 3.63) is 11.5 Å². The fourth-order valence-electron chi connectivity index (χ4n) is 6.08. The number of aliphatic hydroxyl groups excluding tert-OH is 1. The topological polar surface area (TPSA) is 193 Å². The first-order valence-corrected chi connectivity index (χ1v) is 18.0. The Kier molecular flexibility index (Phi) is 12.3. The Bertz CT molecular complexity index is 1430. The zero-order valence-electron chi connectivity index (χ0n) is 27.8.